The molecule has 11 nitrogen and oxygen atoms in total. The Morgan fingerprint density at radius 3 is 2.22 bits per heavy atom. The average molecular weight is 774 g/mol. The Hall–Kier alpha value is -6.50. The lowest BCUT2D eigenvalue weighted by atomic mass is 9.49. The number of carbonyl (C=O) groups is 4. The summed E-state index contributed by atoms with van der Waals surface area (Å²) in [5, 5.41) is 32.9. The third kappa shape index (κ3) is 5.90. The summed E-state index contributed by atoms with van der Waals surface area (Å²) < 4.78 is 6.07. The fraction of sp³-hybridized carbons (Fsp3) is 0.217. The minimum atomic E-state index is -1.81. The summed E-state index contributed by atoms with van der Waals surface area (Å²) in [4.78, 5) is 60.4. The van der Waals surface area contributed by atoms with E-state index in [1.54, 1.807) is 36.4 Å². The van der Waals surface area contributed by atoms with E-state index in [1.165, 1.54) is 18.2 Å². The molecular weight excluding hydrogens is 733 g/mol. The quantitative estimate of drug-likeness (QED) is 0.0905. The standard InChI is InChI=1S/C46H40BN3O8/c1-27-15-17-31(18-16-27)48-50-43(53)38-25-37-34(21-22-36-40(37)44(54)49(42(36)52)32-14-8-13-30(23-32)47(56)57)41(46(38,45(50)55)29-11-6-3-7-12-29)35-20-19-33(24-39(35)51)58-26-28-9-4-2-5-10-28/h2-21,23-24,36-38,40-41,48,51,56-57H,22,25-26H2,1H3/t36-,37+,38-,40-,41+,46+/m0/s1. The Morgan fingerprint density at radius 1 is 0.793 bits per heavy atom. The Morgan fingerprint density at radius 2 is 1.52 bits per heavy atom. The predicted octanol–water partition coefficient (Wildman–Crippen LogP) is 5.15. The summed E-state index contributed by atoms with van der Waals surface area (Å²) in [7, 11) is -1.81. The van der Waals surface area contributed by atoms with Gasteiger partial charge in [-0.2, -0.15) is 5.01 Å². The lowest BCUT2D eigenvalue weighted by Crippen LogP contribution is -2.53. The van der Waals surface area contributed by atoms with Crippen LogP contribution in [0.15, 0.2) is 139 Å². The van der Waals surface area contributed by atoms with Gasteiger partial charge in [-0.3, -0.25) is 29.5 Å². The number of hydrazine groups is 1. The molecule has 0 radical (unpaired) electrons. The van der Waals surface area contributed by atoms with E-state index in [2.05, 4.69) is 5.43 Å². The van der Waals surface area contributed by atoms with Crippen LogP contribution < -0.4 is 20.5 Å². The first-order chi connectivity index (χ1) is 28.1. The average Bonchev–Trinajstić information content (AvgIpc) is 3.62. The Kier molecular flexibility index (Phi) is 9.25. The molecule has 5 aromatic carbocycles. The molecule has 4 N–H and O–H groups in total. The molecule has 2 heterocycles. The van der Waals surface area contributed by atoms with E-state index < -0.39 is 65.8 Å². The maximum Gasteiger partial charge on any atom is 0.488 e. The fourth-order valence-corrected chi connectivity index (χ4v) is 9.77. The van der Waals surface area contributed by atoms with E-state index in [0.29, 0.717) is 28.1 Å². The summed E-state index contributed by atoms with van der Waals surface area (Å²) in [6, 6.07) is 37.1. The van der Waals surface area contributed by atoms with Crippen molar-refractivity contribution >= 4 is 47.6 Å². The van der Waals surface area contributed by atoms with Crippen LogP contribution in [0.2, 0.25) is 0 Å². The van der Waals surface area contributed by atoms with Crippen molar-refractivity contribution in [2.24, 2.45) is 23.7 Å². The number of benzene rings is 5. The third-order valence-corrected chi connectivity index (χ3v) is 12.4. The molecule has 0 bridgehead atoms. The summed E-state index contributed by atoms with van der Waals surface area (Å²) in [5.74, 6) is -5.88. The normalized spacial score (nSPS) is 24.9. The van der Waals surface area contributed by atoms with E-state index >= 15 is 4.79 Å². The summed E-state index contributed by atoms with van der Waals surface area (Å²) in [5.41, 5.74) is 6.00. The summed E-state index contributed by atoms with van der Waals surface area (Å²) >= 11 is 0. The number of allylic oxidation sites excluding steroid dienone is 2. The van der Waals surface area contributed by atoms with Crippen LogP contribution in [0, 0.1) is 30.6 Å². The number of imide groups is 2. The number of phenolic OH excluding ortho intramolecular Hbond substituents is 1. The van der Waals surface area contributed by atoms with Crippen LogP contribution in [-0.2, 0) is 31.2 Å². The molecule has 6 atom stereocenters. The Bertz CT molecular complexity index is 2480. The number of rotatable bonds is 9. The zero-order chi connectivity index (χ0) is 40.3. The fourth-order valence-electron chi connectivity index (χ4n) is 9.77. The van der Waals surface area contributed by atoms with E-state index in [1.807, 2.05) is 85.8 Å². The second-order valence-corrected chi connectivity index (χ2v) is 15.6. The van der Waals surface area contributed by atoms with Crippen LogP contribution in [0.4, 0.5) is 11.4 Å². The number of nitrogens with zero attached hydrogens (tertiary/aromatic N) is 2. The van der Waals surface area contributed by atoms with Gasteiger partial charge in [-0.15, -0.1) is 0 Å². The minimum absolute atomic E-state index is 0.0797. The summed E-state index contributed by atoms with van der Waals surface area (Å²) in [6.07, 6.45) is 2.18. The third-order valence-electron chi connectivity index (χ3n) is 12.4. The molecule has 3 fully saturated rings. The smallest absolute Gasteiger partial charge is 0.488 e. The van der Waals surface area contributed by atoms with Gasteiger partial charge in [-0.1, -0.05) is 108 Å². The maximum atomic E-state index is 15.4. The highest BCUT2D eigenvalue weighted by Gasteiger charge is 2.70. The Balaban J connectivity index is 1.19. The number of carbonyl (C=O) groups excluding carboxylic acids is 4. The lowest BCUT2D eigenvalue weighted by Gasteiger charge is -2.50. The number of hydrogen-bond donors (Lipinski definition) is 4. The van der Waals surface area contributed by atoms with Gasteiger partial charge in [0.05, 0.1) is 34.5 Å². The molecule has 9 rings (SSSR count). The largest absolute Gasteiger partial charge is 0.508 e. The van der Waals surface area contributed by atoms with E-state index in [4.69, 9.17) is 4.74 Å². The molecule has 0 unspecified atom stereocenters. The van der Waals surface area contributed by atoms with Crippen LogP contribution in [-0.4, -0.2) is 50.9 Å². The molecule has 0 aromatic heterocycles. The van der Waals surface area contributed by atoms with Crippen molar-refractivity contribution in [3.05, 3.63) is 161 Å². The van der Waals surface area contributed by atoms with Crippen LogP contribution in [0.1, 0.15) is 41.0 Å². The topological polar surface area (TPSA) is 157 Å². The number of anilines is 2. The van der Waals surface area contributed by atoms with E-state index in [-0.39, 0.29) is 36.3 Å². The lowest BCUT2D eigenvalue weighted by molar-refractivity contribution is -0.138. The van der Waals surface area contributed by atoms with Crippen LogP contribution in [0.25, 0.3) is 0 Å². The second kappa shape index (κ2) is 14.5. The highest BCUT2D eigenvalue weighted by atomic mass is 16.5. The molecule has 2 aliphatic carbocycles. The number of fused-ring (bicyclic) bond motifs is 4. The number of aromatic hydroxyl groups is 1. The van der Waals surface area contributed by atoms with Crippen molar-refractivity contribution < 1.29 is 39.1 Å². The van der Waals surface area contributed by atoms with Gasteiger partial charge in [-0.25, -0.2) is 0 Å². The number of amides is 4. The highest BCUT2D eigenvalue weighted by molar-refractivity contribution is 6.58. The van der Waals surface area contributed by atoms with E-state index in [9.17, 15) is 29.5 Å². The highest BCUT2D eigenvalue weighted by Crippen LogP contribution is 2.65. The molecule has 2 saturated heterocycles. The molecule has 4 amide bonds. The molecule has 290 valence electrons. The van der Waals surface area contributed by atoms with Gasteiger partial charge in [0.1, 0.15) is 18.1 Å². The van der Waals surface area contributed by atoms with Gasteiger partial charge < -0.3 is 19.9 Å². The minimum Gasteiger partial charge on any atom is -0.508 e. The van der Waals surface area contributed by atoms with Crippen molar-refractivity contribution in [2.45, 2.75) is 37.7 Å². The molecule has 12 heteroatoms. The second-order valence-electron chi connectivity index (χ2n) is 15.6. The zero-order valence-corrected chi connectivity index (χ0v) is 31.6. The molecule has 4 aliphatic rings. The van der Waals surface area contributed by atoms with Crippen molar-refractivity contribution in [1.82, 2.24) is 5.01 Å². The van der Waals surface area contributed by atoms with Gasteiger partial charge in [0.25, 0.3) is 11.8 Å². The van der Waals surface area contributed by atoms with Gasteiger partial charge >= 0.3 is 7.12 Å². The maximum absolute atomic E-state index is 15.4. The molecule has 0 spiro atoms. The molecule has 2 aliphatic heterocycles. The van der Waals surface area contributed by atoms with Gasteiger partial charge in [-0.05, 0) is 72.6 Å². The van der Waals surface area contributed by atoms with Crippen molar-refractivity contribution in [1.29, 1.82) is 0 Å². The van der Waals surface area contributed by atoms with E-state index in [0.717, 1.165) is 21.0 Å². The zero-order valence-electron chi connectivity index (χ0n) is 31.6. The van der Waals surface area contributed by atoms with Gasteiger partial charge in [0, 0.05) is 17.5 Å². The number of hydrogen-bond acceptors (Lipinski definition) is 9. The van der Waals surface area contributed by atoms with Crippen molar-refractivity contribution in [2.75, 3.05) is 10.3 Å². The number of phenols is 1. The predicted molar refractivity (Wildman–Crippen MR) is 216 cm³/mol. The SMILES string of the molecule is Cc1ccc(NN2C(=O)[C@@H]3C[C@@H]4C(=CC[C@@H]5C(=O)N(c6cccc(B(O)O)c6)C(=O)[C@@H]54)[C@H](c4ccc(OCc5ccccc5)cc4O)[C@]3(c3ccccc3)C2=O)cc1. The van der Waals surface area contributed by atoms with Crippen molar-refractivity contribution in [3.63, 3.8) is 0 Å². The first kappa shape index (κ1) is 37.1. The number of aryl methyl sites for hydroxylation is 1. The number of ether oxygens (including phenoxy) is 1. The molecular formula is C46H40BN3O8. The number of nitrogens with one attached hydrogen (secondary N) is 1. The first-order valence-electron chi connectivity index (χ1n) is 19.4. The monoisotopic (exact) mass is 773 g/mol. The van der Waals surface area contributed by atoms with Crippen molar-refractivity contribution in [3.8, 4) is 11.5 Å². The molecule has 1 saturated carbocycles. The van der Waals surface area contributed by atoms with Crippen LogP contribution in [0.3, 0.4) is 0 Å². The molecule has 58 heavy (non-hydrogen) atoms. The first-order valence-corrected chi connectivity index (χ1v) is 19.4. The van der Waals surface area contributed by atoms with Crippen LogP contribution in [0.5, 0.6) is 11.5 Å². The van der Waals surface area contributed by atoms with Gasteiger partial charge in [0.15, 0.2) is 0 Å². The Labute approximate surface area is 335 Å². The van der Waals surface area contributed by atoms with Gasteiger partial charge in [0.2, 0.25) is 11.8 Å². The molecule has 5 aromatic rings. The summed E-state index contributed by atoms with van der Waals surface area (Å²) in [6.45, 7) is 2.20. The van der Waals surface area contributed by atoms with Crippen LogP contribution >= 0.6 is 0 Å².